The third kappa shape index (κ3) is 3.37. The molecule has 21 heavy (non-hydrogen) atoms. The molecule has 0 aliphatic heterocycles. The Morgan fingerprint density at radius 2 is 1.76 bits per heavy atom. The highest BCUT2D eigenvalue weighted by Gasteiger charge is 2.16. The maximum absolute atomic E-state index is 13.1. The van der Waals surface area contributed by atoms with Gasteiger partial charge in [-0.1, -0.05) is 42.5 Å². The van der Waals surface area contributed by atoms with Crippen molar-refractivity contribution in [1.29, 1.82) is 0 Å². The monoisotopic (exact) mass is 280 g/mol. The molecule has 2 aromatic carbocycles. The first kappa shape index (κ1) is 13.6. The van der Waals surface area contributed by atoms with Crippen LogP contribution in [0, 0.1) is 5.82 Å². The summed E-state index contributed by atoms with van der Waals surface area (Å²) in [6, 6.07) is 17.1. The summed E-state index contributed by atoms with van der Waals surface area (Å²) in [6.45, 7) is 0. The highest BCUT2D eigenvalue weighted by molar-refractivity contribution is 5.28. The zero-order valence-electron chi connectivity index (χ0n) is 11.7. The van der Waals surface area contributed by atoms with Crippen LogP contribution in [0.1, 0.15) is 29.2 Å². The molecule has 0 amide bonds. The minimum Gasteiger partial charge on any atom is -0.351 e. The van der Waals surface area contributed by atoms with Gasteiger partial charge >= 0.3 is 0 Å². The molecule has 1 aromatic heterocycles. The Balaban J connectivity index is 1.81. The summed E-state index contributed by atoms with van der Waals surface area (Å²) < 4.78 is 13.1. The third-order valence-corrected chi connectivity index (χ3v) is 3.71. The van der Waals surface area contributed by atoms with Crippen LogP contribution in [-0.2, 0) is 6.42 Å². The molecular weight excluding hydrogens is 263 g/mol. The molecule has 0 saturated heterocycles. The number of aromatic amines is 1. The molecule has 3 rings (SSSR count). The van der Waals surface area contributed by atoms with Gasteiger partial charge in [-0.25, -0.2) is 9.37 Å². The maximum Gasteiger partial charge on any atom is 0.123 e. The fraction of sp³-hybridized carbons (Fsp3) is 0.167. The molecule has 1 heterocycles. The van der Waals surface area contributed by atoms with E-state index in [1.165, 1.54) is 17.7 Å². The smallest absolute Gasteiger partial charge is 0.123 e. The first-order valence-corrected chi connectivity index (χ1v) is 7.11. The minimum absolute atomic E-state index is 0.178. The molecule has 0 aliphatic rings. The second kappa shape index (κ2) is 6.35. The molecule has 1 atom stereocenters. The number of halogens is 1. The maximum atomic E-state index is 13.1. The van der Waals surface area contributed by atoms with E-state index < -0.39 is 0 Å². The number of hydrogen-bond donors (Lipinski definition) is 1. The molecule has 3 heteroatoms. The lowest BCUT2D eigenvalue weighted by Gasteiger charge is -2.15. The van der Waals surface area contributed by atoms with Crippen LogP contribution in [0.5, 0.6) is 0 Å². The van der Waals surface area contributed by atoms with Gasteiger partial charge in [-0.15, -0.1) is 0 Å². The lowest BCUT2D eigenvalue weighted by Crippen LogP contribution is -2.04. The first-order valence-electron chi connectivity index (χ1n) is 7.11. The molecule has 1 N–H and O–H groups in total. The summed E-state index contributed by atoms with van der Waals surface area (Å²) in [5.41, 5.74) is 3.40. The summed E-state index contributed by atoms with van der Waals surface area (Å²) >= 11 is 0. The van der Waals surface area contributed by atoms with Gasteiger partial charge in [-0.2, -0.15) is 0 Å². The molecule has 0 radical (unpaired) electrons. The van der Waals surface area contributed by atoms with Crippen LogP contribution in [0.4, 0.5) is 4.39 Å². The fourth-order valence-electron chi connectivity index (χ4n) is 2.60. The normalized spacial score (nSPS) is 12.2. The molecule has 1 unspecified atom stereocenters. The predicted molar refractivity (Wildman–Crippen MR) is 81.6 cm³/mol. The number of aryl methyl sites for hydroxylation is 1. The number of rotatable bonds is 5. The average molecular weight is 280 g/mol. The third-order valence-electron chi connectivity index (χ3n) is 3.71. The van der Waals surface area contributed by atoms with Gasteiger partial charge in [-0.3, -0.25) is 0 Å². The quantitative estimate of drug-likeness (QED) is 0.741. The number of nitrogens with one attached hydrogen (secondary N) is 1. The lowest BCUT2D eigenvalue weighted by molar-refractivity contribution is 0.624. The number of imidazole rings is 1. The van der Waals surface area contributed by atoms with Gasteiger partial charge in [0.2, 0.25) is 0 Å². The van der Waals surface area contributed by atoms with Crippen LogP contribution in [0.3, 0.4) is 0 Å². The van der Waals surface area contributed by atoms with E-state index in [2.05, 4.69) is 34.2 Å². The van der Waals surface area contributed by atoms with Crippen LogP contribution in [0.15, 0.2) is 67.1 Å². The van der Waals surface area contributed by atoms with E-state index in [0.717, 1.165) is 24.1 Å². The van der Waals surface area contributed by atoms with Gasteiger partial charge < -0.3 is 4.98 Å². The molecule has 0 aliphatic carbocycles. The van der Waals surface area contributed by atoms with E-state index in [1.807, 2.05) is 24.4 Å². The van der Waals surface area contributed by atoms with Crippen LogP contribution >= 0.6 is 0 Å². The van der Waals surface area contributed by atoms with E-state index in [4.69, 9.17) is 0 Å². The van der Waals surface area contributed by atoms with Crippen molar-refractivity contribution < 1.29 is 4.39 Å². The van der Waals surface area contributed by atoms with Crippen molar-refractivity contribution in [3.8, 4) is 0 Å². The summed E-state index contributed by atoms with van der Waals surface area (Å²) in [6.07, 6.45) is 5.52. The van der Waals surface area contributed by atoms with Crippen molar-refractivity contribution >= 4 is 0 Å². The lowest BCUT2D eigenvalue weighted by atomic mass is 9.90. The molecule has 106 valence electrons. The van der Waals surface area contributed by atoms with Crippen LogP contribution < -0.4 is 0 Å². The van der Waals surface area contributed by atoms with E-state index in [9.17, 15) is 4.39 Å². The van der Waals surface area contributed by atoms with Crippen molar-refractivity contribution in [2.24, 2.45) is 0 Å². The van der Waals surface area contributed by atoms with Gasteiger partial charge in [0.25, 0.3) is 0 Å². The van der Waals surface area contributed by atoms with E-state index >= 15 is 0 Å². The number of H-pyrrole nitrogens is 1. The highest BCUT2D eigenvalue weighted by atomic mass is 19.1. The summed E-state index contributed by atoms with van der Waals surface area (Å²) in [4.78, 5) is 7.38. The molecule has 2 nitrogen and oxygen atoms in total. The summed E-state index contributed by atoms with van der Waals surface area (Å²) in [7, 11) is 0. The molecule has 0 saturated carbocycles. The van der Waals surface area contributed by atoms with Crippen molar-refractivity contribution in [3.05, 3.63) is 89.8 Å². The Kier molecular flexibility index (Phi) is 4.10. The largest absolute Gasteiger partial charge is 0.351 e. The topological polar surface area (TPSA) is 28.7 Å². The molecule has 3 aromatic rings. The van der Waals surface area contributed by atoms with Crippen LogP contribution in [-0.4, -0.2) is 9.97 Å². The van der Waals surface area contributed by atoms with E-state index in [1.54, 1.807) is 6.33 Å². The molecule has 0 fully saturated rings. The van der Waals surface area contributed by atoms with Crippen LogP contribution in [0.2, 0.25) is 0 Å². The Morgan fingerprint density at radius 3 is 2.43 bits per heavy atom. The number of nitrogens with zero attached hydrogens (tertiary/aromatic N) is 1. The van der Waals surface area contributed by atoms with Gasteiger partial charge in [0.1, 0.15) is 5.82 Å². The minimum atomic E-state index is -0.206. The van der Waals surface area contributed by atoms with Gasteiger partial charge in [0, 0.05) is 12.1 Å². The Bertz CT molecular complexity index is 660. The standard InChI is InChI=1S/C18H17FN2/c19-16-9-7-15(8-10-16)17(18-12-20-13-21-18)11-6-14-4-2-1-3-5-14/h1-5,7-10,12-13,17H,6,11H2,(H,20,21). The van der Waals surface area contributed by atoms with Gasteiger partial charge in [0.15, 0.2) is 0 Å². The van der Waals surface area contributed by atoms with Crippen molar-refractivity contribution in [3.63, 3.8) is 0 Å². The zero-order chi connectivity index (χ0) is 14.5. The molecular formula is C18H17FN2. The van der Waals surface area contributed by atoms with Crippen LogP contribution in [0.25, 0.3) is 0 Å². The summed E-state index contributed by atoms with van der Waals surface area (Å²) in [5, 5.41) is 0. The molecule has 0 bridgehead atoms. The van der Waals surface area contributed by atoms with Crippen molar-refractivity contribution in [2.75, 3.05) is 0 Å². The van der Waals surface area contributed by atoms with Crippen molar-refractivity contribution in [2.45, 2.75) is 18.8 Å². The summed E-state index contributed by atoms with van der Waals surface area (Å²) in [5.74, 6) is -0.0281. The van der Waals surface area contributed by atoms with Gasteiger partial charge in [0.05, 0.1) is 12.0 Å². The second-order valence-corrected chi connectivity index (χ2v) is 5.12. The zero-order valence-corrected chi connectivity index (χ0v) is 11.7. The highest BCUT2D eigenvalue weighted by Crippen LogP contribution is 2.28. The number of hydrogen-bond acceptors (Lipinski definition) is 1. The Labute approximate surface area is 123 Å². The first-order chi connectivity index (χ1) is 10.3. The second-order valence-electron chi connectivity index (χ2n) is 5.12. The van der Waals surface area contributed by atoms with E-state index in [0.29, 0.717) is 0 Å². The SMILES string of the molecule is Fc1ccc(C(CCc2ccccc2)c2c[nH]cn2)cc1. The Morgan fingerprint density at radius 1 is 1.00 bits per heavy atom. The van der Waals surface area contributed by atoms with Gasteiger partial charge in [-0.05, 0) is 36.1 Å². The molecule has 0 spiro atoms. The number of benzene rings is 2. The average Bonchev–Trinajstić information content (AvgIpc) is 3.04. The Hall–Kier alpha value is -2.42. The fourth-order valence-corrected chi connectivity index (χ4v) is 2.60. The van der Waals surface area contributed by atoms with E-state index in [-0.39, 0.29) is 11.7 Å². The van der Waals surface area contributed by atoms with Crippen molar-refractivity contribution in [1.82, 2.24) is 9.97 Å². The number of aromatic nitrogens is 2. The predicted octanol–water partition coefficient (Wildman–Crippen LogP) is 4.31.